The monoisotopic (exact) mass is 279 g/mol. The van der Waals surface area contributed by atoms with E-state index in [0.717, 1.165) is 12.1 Å². The summed E-state index contributed by atoms with van der Waals surface area (Å²) in [7, 11) is -4.15. The van der Waals surface area contributed by atoms with Crippen LogP contribution in [0.2, 0.25) is 0 Å². The second-order valence-corrected chi connectivity index (χ2v) is 5.60. The van der Waals surface area contributed by atoms with Crippen molar-refractivity contribution >= 4 is 10.0 Å². The summed E-state index contributed by atoms with van der Waals surface area (Å²) >= 11 is 0. The fourth-order valence-electron chi connectivity index (χ4n) is 1.40. The Bertz CT molecular complexity index is 505. The van der Waals surface area contributed by atoms with Gasteiger partial charge in [0.1, 0.15) is 16.5 Å². The lowest BCUT2D eigenvalue weighted by Crippen LogP contribution is -2.32. The molecular weight excluding hydrogens is 264 g/mol. The first-order valence-electron chi connectivity index (χ1n) is 5.49. The van der Waals surface area contributed by atoms with E-state index in [9.17, 15) is 22.3 Å². The summed E-state index contributed by atoms with van der Waals surface area (Å²) in [5.41, 5.74) is 0. The van der Waals surface area contributed by atoms with Gasteiger partial charge in [-0.15, -0.1) is 0 Å². The first kappa shape index (κ1) is 15.0. The summed E-state index contributed by atoms with van der Waals surface area (Å²) < 4.78 is 51.6. The van der Waals surface area contributed by atoms with Gasteiger partial charge in [0.05, 0.1) is 6.10 Å². The average molecular weight is 279 g/mol. The molecule has 0 heterocycles. The Morgan fingerprint density at radius 2 is 2.06 bits per heavy atom. The highest BCUT2D eigenvalue weighted by Gasteiger charge is 2.20. The van der Waals surface area contributed by atoms with E-state index >= 15 is 0 Å². The highest BCUT2D eigenvalue weighted by atomic mass is 32.2. The number of rotatable bonds is 6. The third-order valence-corrected chi connectivity index (χ3v) is 3.75. The minimum absolute atomic E-state index is 0.230. The van der Waals surface area contributed by atoms with Gasteiger partial charge in [0, 0.05) is 6.54 Å². The quantitative estimate of drug-likeness (QED) is 0.827. The Kier molecular flexibility index (Phi) is 5.18. The molecule has 0 radical (unpaired) electrons. The topological polar surface area (TPSA) is 66.4 Å². The highest BCUT2D eigenvalue weighted by Crippen LogP contribution is 2.15. The minimum Gasteiger partial charge on any atom is -0.392 e. The SMILES string of the molecule is CCCC(O)CNS(=O)(=O)c1cc(F)ccc1F. The zero-order valence-electron chi connectivity index (χ0n) is 9.86. The molecule has 1 aromatic carbocycles. The van der Waals surface area contributed by atoms with Crippen molar-refractivity contribution in [2.45, 2.75) is 30.8 Å². The first-order valence-corrected chi connectivity index (χ1v) is 6.98. The molecule has 0 aliphatic heterocycles. The lowest BCUT2D eigenvalue weighted by molar-refractivity contribution is 0.167. The maximum atomic E-state index is 13.3. The Hall–Kier alpha value is -1.05. The molecule has 1 rings (SSSR count). The van der Waals surface area contributed by atoms with Crippen LogP contribution in [0, 0.1) is 11.6 Å². The summed E-state index contributed by atoms with van der Waals surface area (Å²) in [5.74, 6) is -1.88. The molecule has 102 valence electrons. The van der Waals surface area contributed by atoms with Crippen LogP contribution in [0.3, 0.4) is 0 Å². The molecule has 0 spiro atoms. The van der Waals surface area contributed by atoms with Crippen LogP contribution in [0.1, 0.15) is 19.8 Å². The molecule has 1 unspecified atom stereocenters. The fraction of sp³-hybridized carbons (Fsp3) is 0.455. The maximum absolute atomic E-state index is 13.3. The van der Waals surface area contributed by atoms with E-state index in [0.29, 0.717) is 18.9 Å². The third kappa shape index (κ3) is 4.01. The Morgan fingerprint density at radius 1 is 1.39 bits per heavy atom. The van der Waals surface area contributed by atoms with E-state index in [-0.39, 0.29) is 6.54 Å². The van der Waals surface area contributed by atoms with Gasteiger partial charge in [-0.2, -0.15) is 0 Å². The van der Waals surface area contributed by atoms with Crippen LogP contribution in [0.4, 0.5) is 8.78 Å². The van der Waals surface area contributed by atoms with E-state index in [1.54, 1.807) is 0 Å². The number of hydrogen-bond donors (Lipinski definition) is 2. The summed E-state index contributed by atoms with van der Waals surface area (Å²) in [6.45, 7) is 1.61. The lowest BCUT2D eigenvalue weighted by Gasteiger charge is -2.11. The highest BCUT2D eigenvalue weighted by molar-refractivity contribution is 7.89. The molecule has 7 heteroatoms. The molecule has 0 aromatic heterocycles. The van der Waals surface area contributed by atoms with E-state index < -0.39 is 32.7 Å². The van der Waals surface area contributed by atoms with E-state index in [1.807, 2.05) is 11.6 Å². The predicted molar refractivity (Wildman–Crippen MR) is 62.5 cm³/mol. The smallest absolute Gasteiger partial charge is 0.243 e. The zero-order valence-corrected chi connectivity index (χ0v) is 10.7. The third-order valence-electron chi connectivity index (χ3n) is 2.31. The molecule has 0 aliphatic rings. The molecule has 0 saturated carbocycles. The van der Waals surface area contributed by atoms with Crippen LogP contribution < -0.4 is 4.72 Å². The molecular formula is C11H15F2NO3S. The van der Waals surface area contributed by atoms with Gasteiger partial charge >= 0.3 is 0 Å². The van der Waals surface area contributed by atoms with Crippen molar-refractivity contribution in [3.8, 4) is 0 Å². The number of aliphatic hydroxyl groups is 1. The molecule has 1 aromatic rings. The van der Waals surface area contributed by atoms with Gasteiger partial charge < -0.3 is 5.11 Å². The second kappa shape index (κ2) is 6.21. The molecule has 0 bridgehead atoms. The molecule has 1 atom stereocenters. The number of halogens is 2. The van der Waals surface area contributed by atoms with E-state index in [1.165, 1.54) is 0 Å². The summed E-state index contributed by atoms with van der Waals surface area (Å²) in [6.07, 6.45) is 0.271. The average Bonchev–Trinajstić information content (AvgIpc) is 2.30. The van der Waals surface area contributed by atoms with Crippen molar-refractivity contribution in [1.82, 2.24) is 4.72 Å². The summed E-state index contributed by atoms with van der Waals surface area (Å²) in [4.78, 5) is -0.758. The largest absolute Gasteiger partial charge is 0.392 e. The molecule has 4 nitrogen and oxygen atoms in total. The second-order valence-electron chi connectivity index (χ2n) is 3.87. The van der Waals surface area contributed by atoms with Gasteiger partial charge in [0.25, 0.3) is 0 Å². The Balaban J connectivity index is 2.83. The molecule has 0 saturated heterocycles. The van der Waals surface area contributed by atoms with Gasteiger partial charge in [0.2, 0.25) is 10.0 Å². The minimum atomic E-state index is -4.15. The van der Waals surface area contributed by atoms with Crippen molar-refractivity contribution in [1.29, 1.82) is 0 Å². The number of hydrogen-bond acceptors (Lipinski definition) is 3. The molecule has 0 aliphatic carbocycles. The molecule has 0 amide bonds. The van der Waals surface area contributed by atoms with E-state index in [4.69, 9.17) is 0 Å². The lowest BCUT2D eigenvalue weighted by atomic mass is 10.2. The van der Waals surface area contributed by atoms with Gasteiger partial charge in [0.15, 0.2) is 0 Å². The van der Waals surface area contributed by atoms with E-state index in [2.05, 4.69) is 0 Å². The van der Waals surface area contributed by atoms with Gasteiger partial charge in [-0.3, -0.25) is 0 Å². The normalized spacial score (nSPS) is 13.6. The van der Waals surface area contributed by atoms with Crippen molar-refractivity contribution in [3.05, 3.63) is 29.8 Å². The number of benzene rings is 1. The van der Waals surface area contributed by atoms with Crippen LogP contribution >= 0.6 is 0 Å². The first-order chi connectivity index (χ1) is 8.36. The van der Waals surface area contributed by atoms with Crippen LogP contribution in [0.5, 0.6) is 0 Å². The van der Waals surface area contributed by atoms with Crippen LogP contribution in [0.25, 0.3) is 0 Å². The van der Waals surface area contributed by atoms with Gasteiger partial charge in [-0.25, -0.2) is 21.9 Å². The zero-order chi connectivity index (χ0) is 13.8. The number of sulfonamides is 1. The van der Waals surface area contributed by atoms with Crippen LogP contribution in [-0.2, 0) is 10.0 Å². The molecule has 18 heavy (non-hydrogen) atoms. The van der Waals surface area contributed by atoms with Gasteiger partial charge in [-0.05, 0) is 24.6 Å². The van der Waals surface area contributed by atoms with Crippen molar-refractivity contribution in [2.75, 3.05) is 6.54 Å². The van der Waals surface area contributed by atoms with Crippen LogP contribution in [0.15, 0.2) is 23.1 Å². The fourth-order valence-corrected chi connectivity index (χ4v) is 2.56. The molecule has 2 N–H and O–H groups in total. The Morgan fingerprint density at radius 3 is 2.67 bits per heavy atom. The van der Waals surface area contributed by atoms with Crippen molar-refractivity contribution in [3.63, 3.8) is 0 Å². The standard InChI is InChI=1S/C11H15F2NO3S/c1-2-3-9(15)7-14-18(16,17)11-6-8(12)4-5-10(11)13/h4-6,9,14-15H,2-3,7H2,1H3. The maximum Gasteiger partial charge on any atom is 0.243 e. The van der Waals surface area contributed by atoms with Crippen molar-refractivity contribution in [2.24, 2.45) is 0 Å². The Labute approximate surface area is 105 Å². The number of nitrogens with one attached hydrogen (secondary N) is 1. The molecule has 0 fully saturated rings. The number of aliphatic hydroxyl groups excluding tert-OH is 1. The summed E-state index contributed by atoms with van der Waals surface area (Å²) in [6, 6.07) is 2.18. The van der Waals surface area contributed by atoms with Crippen LogP contribution in [-0.4, -0.2) is 26.2 Å². The van der Waals surface area contributed by atoms with Gasteiger partial charge in [-0.1, -0.05) is 13.3 Å². The summed E-state index contributed by atoms with van der Waals surface area (Å²) in [5, 5.41) is 9.39. The predicted octanol–water partition coefficient (Wildman–Crippen LogP) is 1.40. The van der Waals surface area contributed by atoms with Crippen molar-refractivity contribution < 1.29 is 22.3 Å².